The normalized spacial score (nSPS) is 11.5. The Kier molecular flexibility index (Phi) is 4.69. The third-order valence-corrected chi connectivity index (χ3v) is 2.09. The van der Waals surface area contributed by atoms with E-state index in [9.17, 15) is 4.79 Å². The lowest BCUT2D eigenvalue weighted by atomic mass is 10.2. The van der Waals surface area contributed by atoms with Crippen molar-refractivity contribution in [3.05, 3.63) is 22.6 Å². The highest BCUT2D eigenvalue weighted by atomic mass is 16.5. The third kappa shape index (κ3) is 4.99. The molecule has 0 unspecified atom stereocenters. The standard InChI is InChI=1S/C12H21N3O2/c1-5-13-10-8-11(16)15(14-9-10)6-7-17-12(2,3)4/h8-9,13H,5-7H2,1-4H3. The van der Waals surface area contributed by atoms with Gasteiger partial charge in [0.2, 0.25) is 0 Å². The first-order valence-electron chi connectivity index (χ1n) is 5.87. The van der Waals surface area contributed by atoms with Gasteiger partial charge in [-0.1, -0.05) is 0 Å². The average molecular weight is 239 g/mol. The van der Waals surface area contributed by atoms with Gasteiger partial charge in [0, 0.05) is 12.6 Å². The number of anilines is 1. The van der Waals surface area contributed by atoms with Crippen molar-refractivity contribution >= 4 is 5.69 Å². The molecule has 0 aliphatic carbocycles. The number of aromatic nitrogens is 2. The summed E-state index contributed by atoms with van der Waals surface area (Å²) in [4.78, 5) is 11.7. The maximum absolute atomic E-state index is 11.7. The van der Waals surface area contributed by atoms with Gasteiger partial charge in [-0.15, -0.1) is 0 Å². The van der Waals surface area contributed by atoms with Gasteiger partial charge < -0.3 is 10.1 Å². The molecule has 0 atom stereocenters. The van der Waals surface area contributed by atoms with Crippen LogP contribution in [0.4, 0.5) is 5.69 Å². The van der Waals surface area contributed by atoms with E-state index in [1.165, 1.54) is 4.68 Å². The van der Waals surface area contributed by atoms with Gasteiger partial charge in [-0.3, -0.25) is 4.79 Å². The highest BCUT2D eigenvalue weighted by Crippen LogP contribution is 2.06. The van der Waals surface area contributed by atoms with Gasteiger partial charge in [0.05, 0.1) is 30.6 Å². The number of hydrogen-bond acceptors (Lipinski definition) is 4. The summed E-state index contributed by atoms with van der Waals surface area (Å²) in [5, 5.41) is 7.13. The molecular weight excluding hydrogens is 218 g/mol. The van der Waals surface area contributed by atoms with Crippen LogP contribution in [0.5, 0.6) is 0 Å². The molecule has 0 saturated heterocycles. The van der Waals surface area contributed by atoms with Gasteiger partial charge in [0.1, 0.15) is 0 Å². The largest absolute Gasteiger partial charge is 0.384 e. The zero-order chi connectivity index (χ0) is 12.9. The van der Waals surface area contributed by atoms with Gasteiger partial charge in [0.15, 0.2) is 0 Å². The molecule has 0 bridgehead atoms. The molecule has 1 N–H and O–H groups in total. The lowest BCUT2D eigenvalue weighted by molar-refractivity contribution is -0.00835. The summed E-state index contributed by atoms with van der Waals surface area (Å²) in [6.07, 6.45) is 1.65. The molecule has 0 aromatic carbocycles. The second-order valence-corrected chi connectivity index (χ2v) is 4.80. The van der Waals surface area contributed by atoms with Gasteiger partial charge >= 0.3 is 0 Å². The smallest absolute Gasteiger partial charge is 0.268 e. The zero-order valence-electron chi connectivity index (χ0n) is 11.0. The fourth-order valence-corrected chi connectivity index (χ4v) is 1.34. The van der Waals surface area contributed by atoms with Crippen LogP contribution in [0.2, 0.25) is 0 Å². The number of hydrogen-bond donors (Lipinski definition) is 1. The van der Waals surface area contributed by atoms with Crippen LogP contribution in [0.3, 0.4) is 0 Å². The summed E-state index contributed by atoms with van der Waals surface area (Å²) in [6, 6.07) is 1.55. The quantitative estimate of drug-likeness (QED) is 0.845. The van der Waals surface area contributed by atoms with Gasteiger partial charge in [-0.25, -0.2) is 4.68 Å². The van der Waals surface area contributed by atoms with E-state index < -0.39 is 0 Å². The molecule has 0 aliphatic heterocycles. The van der Waals surface area contributed by atoms with Crippen LogP contribution in [0.1, 0.15) is 27.7 Å². The Morgan fingerprint density at radius 3 is 2.71 bits per heavy atom. The van der Waals surface area contributed by atoms with Crippen molar-refractivity contribution in [1.29, 1.82) is 0 Å². The van der Waals surface area contributed by atoms with Crippen LogP contribution in [0.15, 0.2) is 17.1 Å². The molecule has 17 heavy (non-hydrogen) atoms. The number of nitrogens with one attached hydrogen (secondary N) is 1. The molecule has 0 radical (unpaired) electrons. The fraction of sp³-hybridized carbons (Fsp3) is 0.667. The highest BCUT2D eigenvalue weighted by molar-refractivity contribution is 5.38. The molecule has 5 heteroatoms. The van der Waals surface area contributed by atoms with Crippen molar-refractivity contribution in [2.75, 3.05) is 18.5 Å². The number of ether oxygens (including phenoxy) is 1. The second-order valence-electron chi connectivity index (χ2n) is 4.80. The lowest BCUT2D eigenvalue weighted by Crippen LogP contribution is -2.28. The molecule has 0 amide bonds. The lowest BCUT2D eigenvalue weighted by Gasteiger charge is -2.19. The van der Waals surface area contributed by atoms with E-state index in [-0.39, 0.29) is 11.2 Å². The van der Waals surface area contributed by atoms with Crippen molar-refractivity contribution in [1.82, 2.24) is 9.78 Å². The maximum Gasteiger partial charge on any atom is 0.268 e. The Bertz CT molecular complexity index is 407. The molecule has 0 fully saturated rings. The van der Waals surface area contributed by atoms with E-state index in [1.807, 2.05) is 27.7 Å². The van der Waals surface area contributed by atoms with E-state index >= 15 is 0 Å². The summed E-state index contributed by atoms with van der Waals surface area (Å²) in [6.45, 7) is 9.66. The van der Waals surface area contributed by atoms with E-state index in [0.29, 0.717) is 13.2 Å². The summed E-state index contributed by atoms with van der Waals surface area (Å²) in [5.41, 5.74) is 0.458. The maximum atomic E-state index is 11.7. The van der Waals surface area contributed by atoms with Crippen LogP contribution >= 0.6 is 0 Å². The fourth-order valence-electron chi connectivity index (χ4n) is 1.34. The molecule has 5 nitrogen and oxygen atoms in total. The number of nitrogens with zero attached hydrogens (tertiary/aromatic N) is 2. The summed E-state index contributed by atoms with van der Waals surface area (Å²) in [5.74, 6) is 0. The molecule has 1 rings (SSSR count). The zero-order valence-corrected chi connectivity index (χ0v) is 11.0. The first-order chi connectivity index (χ1) is 7.92. The first kappa shape index (κ1) is 13.7. The van der Waals surface area contributed by atoms with Gasteiger partial charge in [0.25, 0.3) is 5.56 Å². The van der Waals surface area contributed by atoms with Crippen molar-refractivity contribution in [2.24, 2.45) is 0 Å². The highest BCUT2D eigenvalue weighted by Gasteiger charge is 2.09. The predicted octanol–water partition coefficient (Wildman–Crippen LogP) is 1.49. The third-order valence-electron chi connectivity index (χ3n) is 2.09. The molecule has 1 heterocycles. The van der Waals surface area contributed by atoms with Crippen molar-refractivity contribution in [3.63, 3.8) is 0 Å². The SMILES string of the molecule is CCNc1cnn(CCOC(C)(C)C)c(=O)c1. The summed E-state index contributed by atoms with van der Waals surface area (Å²) in [7, 11) is 0. The molecule has 96 valence electrons. The van der Waals surface area contributed by atoms with Crippen LogP contribution < -0.4 is 10.9 Å². The topological polar surface area (TPSA) is 56.1 Å². The van der Waals surface area contributed by atoms with Crippen LogP contribution in [-0.4, -0.2) is 28.5 Å². The Hall–Kier alpha value is -1.36. The minimum absolute atomic E-state index is 0.110. The Morgan fingerprint density at radius 2 is 2.18 bits per heavy atom. The molecular formula is C12H21N3O2. The number of rotatable bonds is 5. The molecule has 0 aliphatic rings. The molecule has 1 aromatic heterocycles. The first-order valence-corrected chi connectivity index (χ1v) is 5.87. The van der Waals surface area contributed by atoms with E-state index in [0.717, 1.165) is 12.2 Å². The summed E-state index contributed by atoms with van der Waals surface area (Å²) >= 11 is 0. The molecule has 0 saturated carbocycles. The van der Waals surface area contributed by atoms with E-state index in [2.05, 4.69) is 10.4 Å². The van der Waals surface area contributed by atoms with E-state index in [1.54, 1.807) is 12.3 Å². The Balaban J connectivity index is 2.58. The Morgan fingerprint density at radius 1 is 1.47 bits per heavy atom. The van der Waals surface area contributed by atoms with Crippen molar-refractivity contribution < 1.29 is 4.74 Å². The van der Waals surface area contributed by atoms with Crippen LogP contribution in [0.25, 0.3) is 0 Å². The van der Waals surface area contributed by atoms with E-state index in [4.69, 9.17) is 4.74 Å². The minimum Gasteiger partial charge on any atom is -0.384 e. The summed E-state index contributed by atoms with van der Waals surface area (Å²) < 4.78 is 6.96. The van der Waals surface area contributed by atoms with Crippen molar-refractivity contribution in [2.45, 2.75) is 39.8 Å². The molecule has 1 aromatic rings. The average Bonchev–Trinajstić information content (AvgIpc) is 2.20. The van der Waals surface area contributed by atoms with Crippen molar-refractivity contribution in [3.8, 4) is 0 Å². The van der Waals surface area contributed by atoms with Gasteiger partial charge in [-0.2, -0.15) is 5.10 Å². The minimum atomic E-state index is -0.187. The van der Waals surface area contributed by atoms with Crippen LogP contribution in [-0.2, 0) is 11.3 Å². The van der Waals surface area contributed by atoms with Crippen LogP contribution in [0, 0.1) is 0 Å². The molecule has 0 spiro atoms. The second kappa shape index (κ2) is 5.82. The monoisotopic (exact) mass is 239 g/mol. The Labute approximate surface area is 102 Å². The van der Waals surface area contributed by atoms with Gasteiger partial charge in [-0.05, 0) is 27.7 Å². The predicted molar refractivity (Wildman–Crippen MR) is 68.4 cm³/mol.